The Morgan fingerprint density at radius 1 is 1.22 bits per heavy atom. The van der Waals surface area contributed by atoms with Crippen molar-refractivity contribution in [1.29, 1.82) is 0 Å². The molecular formula is C14H20O4. The average molecular weight is 252 g/mol. The van der Waals surface area contributed by atoms with Crippen molar-refractivity contribution < 1.29 is 19.4 Å². The molecule has 1 aromatic rings. The summed E-state index contributed by atoms with van der Waals surface area (Å²) in [4.78, 5) is 11.2. The van der Waals surface area contributed by atoms with Crippen molar-refractivity contribution in [3.05, 3.63) is 29.8 Å². The number of phenols is 1. The third kappa shape index (κ3) is 6.13. The fourth-order valence-electron chi connectivity index (χ4n) is 1.37. The highest BCUT2D eigenvalue weighted by Gasteiger charge is 2.16. The van der Waals surface area contributed by atoms with Crippen LogP contribution in [0.25, 0.3) is 0 Å². The summed E-state index contributed by atoms with van der Waals surface area (Å²) in [6.45, 7) is 5.72. The van der Waals surface area contributed by atoms with Crippen molar-refractivity contribution in [2.45, 2.75) is 39.2 Å². The average Bonchev–Trinajstić information content (AvgIpc) is 2.24. The fourth-order valence-corrected chi connectivity index (χ4v) is 1.37. The summed E-state index contributed by atoms with van der Waals surface area (Å²) >= 11 is 0. The zero-order valence-corrected chi connectivity index (χ0v) is 11.1. The van der Waals surface area contributed by atoms with Crippen molar-refractivity contribution in [3.63, 3.8) is 0 Å². The smallest absolute Gasteiger partial charge is 0.508 e. The summed E-state index contributed by atoms with van der Waals surface area (Å²) < 4.78 is 9.96. The van der Waals surface area contributed by atoms with E-state index in [1.54, 1.807) is 32.9 Å². The van der Waals surface area contributed by atoms with Crippen molar-refractivity contribution >= 4 is 6.16 Å². The molecule has 0 atom stereocenters. The number of hydrogen-bond donors (Lipinski definition) is 1. The van der Waals surface area contributed by atoms with Gasteiger partial charge < -0.3 is 14.6 Å². The quantitative estimate of drug-likeness (QED) is 0.660. The van der Waals surface area contributed by atoms with Gasteiger partial charge in [-0.1, -0.05) is 12.1 Å². The summed E-state index contributed by atoms with van der Waals surface area (Å²) in [5.74, 6) is 0.253. The molecule has 0 fully saturated rings. The molecular weight excluding hydrogens is 232 g/mol. The van der Waals surface area contributed by atoms with E-state index in [9.17, 15) is 4.79 Å². The van der Waals surface area contributed by atoms with Crippen molar-refractivity contribution in [2.24, 2.45) is 0 Å². The Bertz CT molecular complexity index is 376. The number of aryl methyl sites for hydroxylation is 1. The monoisotopic (exact) mass is 252 g/mol. The third-order valence-electron chi connectivity index (χ3n) is 2.16. The lowest BCUT2D eigenvalue weighted by molar-refractivity contribution is -0.00744. The Kier molecular flexibility index (Phi) is 5.01. The minimum atomic E-state index is -0.631. The van der Waals surface area contributed by atoms with Gasteiger partial charge in [0, 0.05) is 0 Å². The van der Waals surface area contributed by atoms with E-state index in [-0.39, 0.29) is 5.75 Å². The van der Waals surface area contributed by atoms with Crippen LogP contribution < -0.4 is 0 Å². The maximum absolute atomic E-state index is 11.2. The number of phenolic OH excluding ortho intramolecular Hbond substituents is 1. The van der Waals surface area contributed by atoms with Gasteiger partial charge in [-0.15, -0.1) is 0 Å². The Labute approximate surface area is 108 Å². The molecule has 0 bridgehead atoms. The first kappa shape index (κ1) is 14.4. The molecule has 1 rings (SSSR count). The lowest BCUT2D eigenvalue weighted by Crippen LogP contribution is -2.24. The normalized spacial score (nSPS) is 11.1. The molecule has 0 aliphatic carbocycles. The van der Waals surface area contributed by atoms with Crippen LogP contribution in [0.1, 0.15) is 32.8 Å². The third-order valence-corrected chi connectivity index (χ3v) is 2.16. The first-order valence-electron chi connectivity index (χ1n) is 6.00. The summed E-state index contributed by atoms with van der Waals surface area (Å²) in [6.07, 6.45) is 0.890. The molecule has 1 aromatic carbocycles. The molecule has 100 valence electrons. The largest absolute Gasteiger partial charge is 0.508 e. The lowest BCUT2D eigenvalue weighted by atomic mass is 10.1. The van der Waals surface area contributed by atoms with Gasteiger partial charge in [-0.05, 0) is 51.3 Å². The Balaban J connectivity index is 2.19. The zero-order chi connectivity index (χ0) is 13.6. The van der Waals surface area contributed by atoms with E-state index in [4.69, 9.17) is 14.6 Å². The minimum absolute atomic E-state index is 0.253. The molecule has 0 spiro atoms. The first-order valence-corrected chi connectivity index (χ1v) is 6.00. The predicted octanol–water partition coefficient (Wildman–Crippen LogP) is 3.28. The molecule has 18 heavy (non-hydrogen) atoms. The second kappa shape index (κ2) is 6.28. The number of rotatable bonds is 4. The van der Waals surface area contributed by atoms with Gasteiger partial charge in [0.25, 0.3) is 0 Å². The zero-order valence-electron chi connectivity index (χ0n) is 11.1. The summed E-state index contributed by atoms with van der Waals surface area (Å²) in [6, 6.07) is 6.99. The number of hydrogen-bond acceptors (Lipinski definition) is 4. The molecule has 1 N–H and O–H groups in total. The standard InChI is InChI=1S/C14H20O4/c1-14(2,3)18-13(16)17-10-4-5-11-6-8-12(15)9-7-11/h6-9,15H,4-5,10H2,1-3H3. The van der Waals surface area contributed by atoms with Crippen molar-refractivity contribution in [1.82, 2.24) is 0 Å². The van der Waals surface area contributed by atoms with Crippen molar-refractivity contribution in [2.75, 3.05) is 6.61 Å². The van der Waals surface area contributed by atoms with Crippen molar-refractivity contribution in [3.8, 4) is 5.75 Å². The predicted molar refractivity (Wildman–Crippen MR) is 68.6 cm³/mol. The number of benzene rings is 1. The molecule has 0 aliphatic heterocycles. The maximum atomic E-state index is 11.2. The van der Waals surface area contributed by atoms with Crippen LogP contribution in [0.15, 0.2) is 24.3 Å². The van der Waals surface area contributed by atoms with Gasteiger partial charge in [-0.25, -0.2) is 4.79 Å². The number of carbonyl (C=O) groups excluding carboxylic acids is 1. The van der Waals surface area contributed by atoms with Gasteiger partial charge in [-0.3, -0.25) is 0 Å². The number of aromatic hydroxyl groups is 1. The van der Waals surface area contributed by atoms with Crippen LogP contribution in [0, 0.1) is 0 Å². The Morgan fingerprint density at radius 2 is 1.83 bits per heavy atom. The highest BCUT2D eigenvalue weighted by atomic mass is 16.7. The topological polar surface area (TPSA) is 55.8 Å². The van der Waals surface area contributed by atoms with Crippen LogP contribution in [0.3, 0.4) is 0 Å². The molecule has 0 saturated carbocycles. The molecule has 4 heteroatoms. The van der Waals surface area contributed by atoms with Gasteiger partial charge >= 0.3 is 6.16 Å². The van der Waals surface area contributed by atoms with Gasteiger partial charge in [0.1, 0.15) is 11.4 Å². The van der Waals surface area contributed by atoms with E-state index in [1.807, 2.05) is 12.1 Å². The minimum Gasteiger partial charge on any atom is -0.508 e. The highest BCUT2D eigenvalue weighted by molar-refractivity contribution is 5.60. The van der Waals surface area contributed by atoms with Crippen LogP contribution in [-0.2, 0) is 15.9 Å². The van der Waals surface area contributed by atoms with E-state index >= 15 is 0 Å². The lowest BCUT2D eigenvalue weighted by Gasteiger charge is -2.18. The second-order valence-electron chi connectivity index (χ2n) is 5.08. The number of ether oxygens (including phenoxy) is 2. The molecule has 0 unspecified atom stereocenters. The van der Waals surface area contributed by atoms with Gasteiger partial charge in [0.05, 0.1) is 6.61 Å². The van der Waals surface area contributed by atoms with Gasteiger partial charge in [-0.2, -0.15) is 0 Å². The van der Waals surface area contributed by atoms with E-state index in [0.717, 1.165) is 18.4 Å². The van der Waals surface area contributed by atoms with Crippen LogP contribution in [0.2, 0.25) is 0 Å². The van der Waals surface area contributed by atoms with Crippen LogP contribution in [-0.4, -0.2) is 23.5 Å². The van der Waals surface area contributed by atoms with Gasteiger partial charge in [0.15, 0.2) is 0 Å². The molecule has 0 saturated heterocycles. The Morgan fingerprint density at radius 3 is 2.39 bits per heavy atom. The maximum Gasteiger partial charge on any atom is 0.508 e. The summed E-state index contributed by atoms with van der Waals surface area (Å²) in [5, 5.41) is 9.12. The van der Waals surface area contributed by atoms with Crippen LogP contribution in [0.4, 0.5) is 4.79 Å². The molecule has 0 radical (unpaired) electrons. The molecule has 0 amide bonds. The SMILES string of the molecule is CC(C)(C)OC(=O)OCCCc1ccc(O)cc1. The van der Waals surface area contributed by atoms with E-state index in [1.165, 1.54) is 0 Å². The Hall–Kier alpha value is -1.71. The first-order chi connectivity index (χ1) is 8.37. The fraction of sp³-hybridized carbons (Fsp3) is 0.500. The molecule has 0 aliphatic rings. The summed E-state index contributed by atoms with van der Waals surface area (Å²) in [5.41, 5.74) is 0.578. The van der Waals surface area contributed by atoms with Gasteiger partial charge in [0.2, 0.25) is 0 Å². The van der Waals surface area contributed by atoms with E-state index in [2.05, 4.69) is 0 Å². The number of carbonyl (C=O) groups is 1. The highest BCUT2D eigenvalue weighted by Crippen LogP contribution is 2.12. The molecule has 0 aromatic heterocycles. The van der Waals surface area contributed by atoms with E-state index < -0.39 is 11.8 Å². The second-order valence-corrected chi connectivity index (χ2v) is 5.08. The van der Waals surface area contributed by atoms with Crippen LogP contribution in [0.5, 0.6) is 5.75 Å². The molecule has 4 nitrogen and oxygen atoms in total. The van der Waals surface area contributed by atoms with Crippen LogP contribution >= 0.6 is 0 Å². The molecule has 0 heterocycles. The van der Waals surface area contributed by atoms with E-state index in [0.29, 0.717) is 6.61 Å². The summed E-state index contributed by atoms with van der Waals surface area (Å²) in [7, 11) is 0.